The molecule has 0 saturated carbocycles. The first-order valence-corrected chi connectivity index (χ1v) is 9.62. The van der Waals surface area contributed by atoms with E-state index in [9.17, 15) is 14.0 Å². The summed E-state index contributed by atoms with van der Waals surface area (Å²) in [6.07, 6.45) is 2.59. The molecule has 30 heavy (non-hydrogen) atoms. The molecule has 0 aliphatic rings. The first-order valence-electron chi connectivity index (χ1n) is 9.21. The molecule has 2 N–H and O–H groups in total. The minimum atomic E-state index is -0.510. The first kappa shape index (κ1) is 19.9. The molecular weight excluding hydrogens is 407 g/mol. The van der Waals surface area contributed by atoms with Crippen molar-refractivity contribution in [1.82, 2.24) is 24.1 Å². The third-order valence-electron chi connectivity index (χ3n) is 4.65. The molecule has 0 atom stereocenters. The van der Waals surface area contributed by atoms with Crippen LogP contribution in [-0.2, 0) is 16.8 Å². The van der Waals surface area contributed by atoms with Crippen LogP contribution in [0.5, 0.6) is 0 Å². The summed E-state index contributed by atoms with van der Waals surface area (Å²) in [6.45, 7) is 5.66. The molecule has 0 bridgehead atoms. The maximum absolute atomic E-state index is 13.3. The number of fused-ring (bicyclic) bond motifs is 3. The van der Waals surface area contributed by atoms with E-state index in [-0.39, 0.29) is 17.9 Å². The minimum absolute atomic E-state index is 0.190. The zero-order valence-corrected chi connectivity index (χ0v) is 17.4. The number of aromatic nitrogens is 5. The van der Waals surface area contributed by atoms with E-state index in [1.165, 1.54) is 16.7 Å². The number of halogens is 1. The first-order chi connectivity index (χ1) is 14.2. The molecule has 0 unspecified atom stereocenters. The average Bonchev–Trinajstić information content (AvgIpc) is 3.04. The molecule has 0 fully saturated rings. The molecule has 0 saturated heterocycles. The normalized spacial score (nSPS) is 11.9. The Bertz CT molecular complexity index is 1400. The SMILES string of the molecule is CC(C)(C)c1c(=S)[nH]n2c3ncccc3c(=O)n(CC(=O)Nc3ccc(F)cn3)c12. The van der Waals surface area contributed by atoms with Crippen molar-refractivity contribution in [3.8, 4) is 0 Å². The van der Waals surface area contributed by atoms with Crippen molar-refractivity contribution in [3.63, 3.8) is 0 Å². The summed E-state index contributed by atoms with van der Waals surface area (Å²) in [5.74, 6) is -0.798. The second-order valence-corrected chi connectivity index (χ2v) is 8.31. The maximum Gasteiger partial charge on any atom is 0.263 e. The lowest BCUT2D eigenvalue weighted by Gasteiger charge is -2.19. The van der Waals surface area contributed by atoms with E-state index < -0.39 is 17.1 Å². The molecule has 4 heterocycles. The number of carbonyl (C=O) groups excluding carboxylic acids is 1. The molecule has 0 radical (unpaired) electrons. The predicted octanol–water partition coefficient (Wildman–Crippen LogP) is 3.18. The summed E-state index contributed by atoms with van der Waals surface area (Å²) in [5.41, 5.74) is 0.880. The Kier molecular flexibility index (Phi) is 4.73. The molecule has 0 aliphatic carbocycles. The van der Waals surface area contributed by atoms with Gasteiger partial charge >= 0.3 is 0 Å². The van der Waals surface area contributed by atoms with Crippen molar-refractivity contribution in [1.29, 1.82) is 0 Å². The Balaban J connectivity index is 1.92. The van der Waals surface area contributed by atoms with Gasteiger partial charge < -0.3 is 5.32 Å². The standard InChI is InChI=1S/C20H19FN6O2S/c1-20(2,3)15-17(30)25-27-16-12(5-4-8-22-16)19(29)26(18(15)27)10-14(28)24-13-7-6-11(21)9-23-13/h4-9H,10H2,1-3H3,(H,25,30)(H,23,24,28). The number of aromatic amines is 1. The molecule has 0 aromatic carbocycles. The van der Waals surface area contributed by atoms with Crippen LogP contribution in [0.15, 0.2) is 41.5 Å². The quantitative estimate of drug-likeness (QED) is 0.491. The van der Waals surface area contributed by atoms with Gasteiger partial charge in [0.05, 0.1) is 11.6 Å². The zero-order valence-electron chi connectivity index (χ0n) is 16.6. The molecule has 0 aliphatic heterocycles. The van der Waals surface area contributed by atoms with Crippen molar-refractivity contribution in [2.45, 2.75) is 32.7 Å². The average molecular weight is 426 g/mol. The molecule has 1 amide bonds. The van der Waals surface area contributed by atoms with Gasteiger partial charge in [-0.2, -0.15) is 0 Å². The molecule has 4 aromatic heterocycles. The van der Waals surface area contributed by atoms with E-state index in [1.54, 1.807) is 22.8 Å². The van der Waals surface area contributed by atoms with Gasteiger partial charge in [0, 0.05) is 11.8 Å². The van der Waals surface area contributed by atoms with Gasteiger partial charge in [-0.05, 0) is 29.7 Å². The fourth-order valence-electron chi connectivity index (χ4n) is 3.41. The highest BCUT2D eigenvalue weighted by atomic mass is 32.1. The van der Waals surface area contributed by atoms with Crippen molar-refractivity contribution >= 4 is 40.6 Å². The fourth-order valence-corrected chi connectivity index (χ4v) is 3.90. The van der Waals surface area contributed by atoms with Gasteiger partial charge in [-0.15, -0.1) is 0 Å². The highest BCUT2D eigenvalue weighted by Crippen LogP contribution is 2.28. The molecule has 0 spiro atoms. The van der Waals surface area contributed by atoms with Crippen LogP contribution in [0, 0.1) is 10.5 Å². The molecule has 8 nitrogen and oxygen atoms in total. The lowest BCUT2D eigenvalue weighted by molar-refractivity contribution is -0.116. The number of H-pyrrole nitrogens is 1. The molecular formula is C20H19FN6O2S. The number of hydrogen-bond donors (Lipinski definition) is 2. The van der Waals surface area contributed by atoms with Gasteiger partial charge in [0.1, 0.15) is 28.5 Å². The number of nitrogens with zero attached hydrogens (tertiary/aromatic N) is 4. The van der Waals surface area contributed by atoms with Crippen LogP contribution in [0.1, 0.15) is 26.3 Å². The van der Waals surface area contributed by atoms with Crippen LogP contribution >= 0.6 is 12.2 Å². The van der Waals surface area contributed by atoms with Crippen LogP contribution in [0.4, 0.5) is 10.2 Å². The number of carbonyl (C=O) groups is 1. The summed E-state index contributed by atoms with van der Waals surface area (Å²) in [5, 5.41) is 6.03. The van der Waals surface area contributed by atoms with Gasteiger partial charge in [-0.25, -0.2) is 18.9 Å². The number of hydrogen-bond acceptors (Lipinski definition) is 5. The monoisotopic (exact) mass is 426 g/mol. The highest BCUT2D eigenvalue weighted by Gasteiger charge is 2.26. The molecule has 154 valence electrons. The van der Waals surface area contributed by atoms with E-state index >= 15 is 0 Å². The van der Waals surface area contributed by atoms with E-state index in [1.807, 2.05) is 20.8 Å². The Morgan fingerprint density at radius 2 is 2.03 bits per heavy atom. The summed E-state index contributed by atoms with van der Waals surface area (Å²) < 4.78 is 16.5. The second-order valence-electron chi connectivity index (χ2n) is 7.90. The summed E-state index contributed by atoms with van der Waals surface area (Å²) in [4.78, 5) is 34.1. The number of amides is 1. The van der Waals surface area contributed by atoms with Crippen molar-refractivity contribution in [3.05, 3.63) is 63.0 Å². The van der Waals surface area contributed by atoms with Gasteiger partial charge in [-0.3, -0.25) is 19.3 Å². The van der Waals surface area contributed by atoms with Crippen LogP contribution in [0.3, 0.4) is 0 Å². The lowest BCUT2D eigenvalue weighted by atomic mass is 9.89. The largest absolute Gasteiger partial charge is 0.309 e. The number of rotatable bonds is 3. The Morgan fingerprint density at radius 1 is 1.27 bits per heavy atom. The van der Waals surface area contributed by atoms with Crippen LogP contribution in [-0.4, -0.2) is 30.1 Å². The molecule has 4 aromatic rings. The fraction of sp³-hybridized carbons (Fsp3) is 0.250. The van der Waals surface area contributed by atoms with Gasteiger partial charge in [-0.1, -0.05) is 33.0 Å². The van der Waals surface area contributed by atoms with Gasteiger partial charge in [0.25, 0.3) is 5.56 Å². The highest BCUT2D eigenvalue weighted by molar-refractivity contribution is 7.71. The second kappa shape index (κ2) is 7.13. The third-order valence-corrected chi connectivity index (χ3v) is 4.95. The van der Waals surface area contributed by atoms with Gasteiger partial charge in [0.15, 0.2) is 5.65 Å². The van der Waals surface area contributed by atoms with E-state index in [0.29, 0.717) is 21.3 Å². The van der Waals surface area contributed by atoms with E-state index in [0.717, 1.165) is 11.8 Å². The predicted molar refractivity (Wildman–Crippen MR) is 114 cm³/mol. The number of anilines is 1. The van der Waals surface area contributed by atoms with Crippen LogP contribution in [0.2, 0.25) is 0 Å². The molecule has 10 heteroatoms. The summed E-state index contributed by atoms with van der Waals surface area (Å²) in [6, 6.07) is 5.85. The molecule has 4 rings (SSSR count). The topological polar surface area (TPSA) is 97.1 Å². The van der Waals surface area contributed by atoms with E-state index in [2.05, 4.69) is 20.4 Å². The number of nitrogens with one attached hydrogen (secondary N) is 2. The summed E-state index contributed by atoms with van der Waals surface area (Å²) in [7, 11) is 0. The zero-order chi connectivity index (χ0) is 21.6. The van der Waals surface area contributed by atoms with Crippen molar-refractivity contribution < 1.29 is 9.18 Å². The maximum atomic E-state index is 13.3. The van der Waals surface area contributed by atoms with Gasteiger partial charge in [0.2, 0.25) is 5.91 Å². The number of pyridine rings is 2. The summed E-state index contributed by atoms with van der Waals surface area (Å²) >= 11 is 5.53. The minimum Gasteiger partial charge on any atom is -0.309 e. The van der Waals surface area contributed by atoms with Crippen molar-refractivity contribution in [2.75, 3.05) is 5.32 Å². The van der Waals surface area contributed by atoms with Crippen LogP contribution < -0.4 is 10.9 Å². The van der Waals surface area contributed by atoms with E-state index in [4.69, 9.17) is 12.2 Å². The Labute approximate surface area is 175 Å². The third kappa shape index (κ3) is 3.39. The smallest absolute Gasteiger partial charge is 0.263 e. The lowest BCUT2D eigenvalue weighted by Crippen LogP contribution is -2.31. The van der Waals surface area contributed by atoms with Crippen LogP contribution in [0.25, 0.3) is 16.7 Å². The van der Waals surface area contributed by atoms with Crippen molar-refractivity contribution in [2.24, 2.45) is 0 Å². The Hall–Kier alpha value is -3.40. The Morgan fingerprint density at radius 3 is 2.70 bits per heavy atom.